The Morgan fingerprint density at radius 2 is 2.31 bits per heavy atom. The van der Waals surface area contributed by atoms with Crippen LogP contribution in [0, 0.1) is 0 Å². The third kappa shape index (κ3) is 1.33. The van der Waals surface area contributed by atoms with E-state index in [-0.39, 0.29) is 5.54 Å². The van der Waals surface area contributed by atoms with Crippen LogP contribution in [0.15, 0.2) is 12.2 Å². The van der Waals surface area contributed by atoms with Crippen LogP contribution in [0.1, 0.15) is 32.1 Å². The highest BCUT2D eigenvalue weighted by atomic mass is 16.1. The van der Waals surface area contributed by atoms with E-state index in [9.17, 15) is 4.79 Å². The molecular formula is C11H17NO. The van der Waals surface area contributed by atoms with Crippen molar-refractivity contribution in [2.75, 3.05) is 13.6 Å². The van der Waals surface area contributed by atoms with Gasteiger partial charge in [-0.25, -0.2) is 0 Å². The van der Waals surface area contributed by atoms with Crippen molar-refractivity contribution in [3.05, 3.63) is 12.2 Å². The molecule has 1 spiro atoms. The molecule has 1 aliphatic carbocycles. The van der Waals surface area contributed by atoms with Gasteiger partial charge in [-0.2, -0.15) is 0 Å². The SMILES string of the molecule is CN1CCCC12CC=CCCC2=O. The topological polar surface area (TPSA) is 20.3 Å². The molecule has 2 nitrogen and oxygen atoms in total. The maximum atomic E-state index is 12.0. The maximum Gasteiger partial charge on any atom is 0.153 e. The lowest BCUT2D eigenvalue weighted by Crippen LogP contribution is -2.47. The average molecular weight is 179 g/mol. The highest BCUT2D eigenvalue weighted by molar-refractivity contribution is 5.89. The molecule has 0 aromatic heterocycles. The molecular weight excluding hydrogens is 162 g/mol. The number of ketones is 1. The van der Waals surface area contributed by atoms with Crippen LogP contribution in [0.2, 0.25) is 0 Å². The minimum atomic E-state index is -0.118. The summed E-state index contributed by atoms with van der Waals surface area (Å²) in [6, 6.07) is 0. The van der Waals surface area contributed by atoms with Gasteiger partial charge in [0.25, 0.3) is 0 Å². The van der Waals surface area contributed by atoms with Gasteiger partial charge in [-0.15, -0.1) is 0 Å². The standard InChI is InChI=1S/C11H17NO/c1-12-9-5-8-11(12)7-4-2-3-6-10(11)13/h2,4H,3,5-9H2,1H3. The Morgan fingerprint density at radius 1 is 1.46 bits per heavy atom. The van der Waals surface area contributed by atoms with Gasteiger partial charge >= 0.3 is 0 Å². The summed E-state index contributed by atoms with van der Waals surface area (Å²) in [5, 5.41) is 0. The Hall–Kier alpha value is -0.630. The average Bonchev–Trinajstić information content (AvgIpc) is 2.36. The first-order valence-corrected chi connectivity index (χ1v) is 5.15. The number of likely N-dealkylation sites (tertiary alicyclic amines) is 1. The van der Waals surface area contributed by atoms with Crippen molar-refractivity contribution in [2.24, 2.45) is 0 Å². The van der Waals surface area contributed by atoms with Gasteiger partial charge in [-0.3, -0.25) is 9.69 Å². The molecule has 2 heteroatoms. The monoisotopic (exact) mass is 179 g/mol. The number of rotatable bonds is 0. The Balaban J connectivity index is 2.26. The molecule has 0 bridgehead atoms. The van der Waals surface area contributed by atoms with E-state index in [4.69, 9.17) is 0 Å². The largest absolute Gasteiger partial charge is 0.298 e. The summed E-state index contributed by atoms with van der Waals surface area (Å²) in [5.41, 5.74) is -0.118. The van der Waals surface area contributed by atoms with Gasteiger partial charge in [0.15, 0.2) is 5.78 Å². The lowest BCUT2D eigenvalue weighted by Gasteiger charge is -2.33. The van der Waals surface area contributed by atoms with Gasteiger partial charge in [-0.1, -0.05) is 12.2 Å². The smallest absolute Gasteiger partial charge is 0.153 e. The molecule has 2 rings (SSSR count). The van der Waals surface area contributed by atoms with E-state index in [1.807, 2.05) is 0 Å². The lowest BCUT2D eigenvalue weighted by atomic mass is 9.87. The summed E-state index contributed by atoms with van der Waals surface area (Å²) >= 11 is 0. The van der Waals surface area contributed by atoms with Gasteiger partial charge in [0, 0.05) is 6.42 Å². The summed E-state index contributed by atoms with van der Waals surface area (Å²) in [5.74, 6) is 0.456. The molecule has 72 valence electrons. The van der Waals surface area contributed by atoms with Crippen molar-refractivity contribution in [1.29, 1.82) is 0 Å². The first kappa shape index (κ1) is 8.95. The molecule has 0 radical (unpaired) electrons. The summed E-state index contributed by atoms with van der Waals surface area (Å²) in [4.78, 5) is 14.2. The molecule has 0 aromatic carbocycles. The Morgan fingerprint density at radius 3 is 3.00 bits per heavy atom. The van der Waals surface area contributed by atoms with Crippen molar-refractivity contribution in [3.63, 3.8) is 0 Å². The maximum absolute atomic E-state index is 12.0. The summed E-state index contributed by atoms with van der Waals surface area (Å²) in [6.07, 6.45) is 9.19. The van der Waals surface area contributed by atoms with Crippen LogP contribution < -0.4 is 0 Å². The first-order chi connectivity index (χ1) is 6.26. The van der Waals surface area contributed by atoms with Crippen LogP contribution in [0.25, 0.3) is 0 Å². The predicted molar refractivity (Wildman–Crippen MR) is 52.6 cm³/mol. The summed E-state index contributed by atoms with van der Waals surface area (Å²) < 4.78 is 0. The minimum Gasteiger partial charge on any atom is -0.298 e. The number of nitrogens with zero attached hydrogens (tertiary/aromatic N) is 1. The molecule has 2 aliphatic rings. The predicted octanol–water partition coefficient (Wildman–Crippen LogP) is 1.76. The van der Waals surface area contributed by atoms with Crippen molar-refractivity contribution >= 4 is 5.78 Å². The molecule has 1 aliphatic heterocycles. The van der Waals surface area contributed by atoms with E-state index < -0.39 is 0 Å². The van der Waals surface area contributed by atoms with E-state index in [1.165, 1.54) is 6.42 Å². The van der Waals surface area contributed by atoms with Crippen LogP contribution in [-0.2, 0) is 4.79 Å². The number of likely N-dealkylation sites (N-methyl/N-ethyl adjacent to an activating group) is 1. The van der Waals surface area contributed by atoms with E-state index in [0.717, 1.165) is 32.2 Å². The fraction of sp³-hybridized carbons (Fsp3) is 0.727. The molecule has 0 aromatic rings. The van der Waals surface area contributed by atoms with E-state index in [0.29, 0.717) is 5.78 Å². The van der Waals surface area contributed by atoms with Gasteiger partial charge < -0.3 is 0 Å². The molecule has 1 saturated heterocycles. The fourth-order valence-electron chi connectivity index (χ4n) is 2.58. The molecule has 1 atom stereocenters. The van der Waals surface area contributed by atoms with Gasteiger partial charge in [-0.05, 0) is 39.3 Å². The number of hydrogen-bond acceptors (Lipinski definition) is 2. The zero-order valence-electron chi connectivity index (χ0n) is 8.25. The van der Waals surface area contributed by atoms with Crippen LogP contribution in [0.5, 0.6) is 0 Å². The fourth-order valence-corrected chi connectivity index (χ4v) is 2.58. The first-order valence-electron chi connectivity index (χ1n) is 5.15. The highest BCUT2D eigenvalue weighted by Crippen LogP contribution is 2.35. The number of allylic oxidation sites excluding steroid dienone is 1. The van der Waals surface area contributed by atoms with Gasteiger partial charge in [0.1, 0.15) is 0 Å². The second-order valence-electron chi connectivity index (χ2n) is 4.19. The number of carbonyl (C=O) groups excluding carboxylic acids is 1. The lowest BCUT2D eigenvalue weighted by molar-refractivity contribution is -0.128. The van der Waals surface area contributed by atoms with Crippen molar-refractivity contribution < 1.29 is 4.79 Å². The molecule has 1 fully saturated rings. The molecule has 13 heavy (non-hydrogen) atoms. The van der Waals surface area contributed by atoms with E-state index in [1.54, 1.807) is 0 Å². The second kappa shape index (κ2) is 3.26. The summed E-state index contributed by atoms with van der Waals surface area (Å²) in [6.45, 7) is 1.08. The molecule has 0 amide bonds. The highest BCUT2D eigenvalue weighted by Gasteiger charge is 2.43. The summed E-state index contributed by atoms with van der Waals surface area (Å²) in [7, 11) is 2.09. The van der Waals surface area contributed by atoms with Crippen LogP contribution >= 0.6 is 0 Å². The van der Waals surface area contributed by atoms with Gasteiger partial charge in [0.05, 0.1) is 5.54 Å². The van der Waals surface area contributed by atoms with Crippen molar-refractivity contribution in [2.45, 2.75) is 37.6 Å². The number of carbonyl (C=O) groups is 1. The molecule has 0 N–H and O–H groups in total. The quantitative estimate of drug-likeness (QED) is 0.528. The number of Topliss-reactive ketones (excluding diaryl/α,β-unsaturated/α-hetero) is 1. The van der Waals surface area contributed by atoms with E-state index in [2.05, 4.69) is 24.1 Å². The molecule has 1 heterocycles. The minimum absolute atomic E-state index is 0.118. The second-order valence-corrected chi connectivity index (χ2v) is 4.19. The van der Waals surface area contributed by atoms with Crippen LogP contribution in [0.3, 0.4) is 0 Å². The zero-order valence-corrected chi connectivity index (χ0v) is 8.25. The molecule has 1 unspecified atom stereocenters. The van der Waals surface area contributed by atoms with Gasteiger partial charge in [0.2, 0.25) is 0 Å². The van der Waals surface area contributed by atoms with Crippen molar-refractivity contribution in [1.82, 2.24) is 4.90 Å². The molecule has 0 saturated carbocycles. The third-order valence-corrected chi connectivity index (χ3v) is 3.49. The van der Waals surface area contributed by atoms with Crippen LogP contribution in [-0.4, -0.2) is 29.8 Å². The van der Waals surface area contributed by atoms with Crippen molar-refractivity contribution in [3.8, 4) is 0 Å². The Labute approximate surface area is 79.6 Å². The van der Waals surface area contributed by atoms with Crippen LogP contribution in [0.4, 0.5) is 0 Å². The van der Waals surface area contributed by atoms with E-state index >= 15 is 0 Å². The third-order valence-electron chi connectivity index (χ3n) is 3.49. The Bertz CT molecular complexity index is 246. The normalized spacial score (nSPS) is 35.6. The Kier molecular flexibility index (Phi) is 2.24. The number of hydrogen-bond donors (Lipinski definition) is 0. The zero-order chi connectivity index (χ0) is 9.31.